The number of nitrogen functional groups attached to an aromatic ring is 1. The van der Waals surface area contributed by atoms with E-state index in [-0.39, 0.29) is 17.3 Å². The molecule has 0 spiro atoms. The summed E-state index contributed by atoms with van der Waals surface area (Å²) >= 11 is 0. The highest BCUT2D eigenvalue weighted by Gasteiger charge is 2.38. The van der Waals surface area contributed by atoms with Crippen LogP contribution < -0.4 is 20.5 Å². The lowest BCUT2D eigenvalue weighted by Crippen LogP contribution is -2.48. The molecule has 0 unspecified atom stereocenters. The van der Waals surface area contributed by atoms with Gasteiger partial charge in [0.1, 0.15) is 17.2 Å². The lowest BCUT2D eigenvalue weighted by Gasteiger charge is -2.37. The quantitative estimate of drug-likeness (QED) is 0.347. The molecular weight excluding hydrogens is 495 g/mol. The van der Waals surface area contributed by atoms with Gasteiger partial charge in [0.2, 0.25) is 0 Å². The number of hydrogen-bond acceptors (Lipinski definition) is 7. The van der Waals surface area contributed by atoms with Crippen LogP contribution in [0.1, 0.15) is 62.2 Å². The Morgan fingerprint density at radius 1 is 1.11 bits per heavy atom. The van der Waals surface area contributed by atoms with E-state index < -0.39 is 23.4 Å². The molecule has 1 saturated heterocycles. The van der Waals surface area contributed by atoms with E-state index in [9.17, 15) is 13.2 Å². The number of methoxy groups -OCH3 is 1. The minimum atomic E-state index is -4.50. The number of halogens is 3. The summed E-state index contributed by atoms with van der Waals surface area (Å²) in [5.74, 6) is 2.09. The summed E-state index contributed by atoms with van der Waals surface area (Å²) in [5.41, 5.74) is 5.86. The molecule has 206 valence electrons. The molecule has 38 heavy (non-hydrogen) atoms. The molecule has 3 aromatic rings. The molecule has 1 aliphatic rings. The van der Waals surface area contributed by atoms with Gasteiger partial charge in [0.15, 0.2) is 11.5 Å². The zero-order valence-corrected chi connectivity index (χ0v) is 23.0. The molecule has 3 N–H and O–H groups in total. The lowest BCUT2D eigenvalue weighted by molar-refractivity contribution is -0.138. The van der Waals surface area contributed by atoms with Gasteiger partial charge in [0.05, 0.1) is 24.2 Å². The standard InChI is InChI=1S/C28H36F3N5O2/c1-15-19(11-18(32)12-21(15)28(29,30)31)16(2)33-26-20-13-24(23(37-7)14-22(20)34-17(3)35-26)38-27(4,5)25-9-8-10-36(25)6/h11-14,16,25H,8-10,32H2,1-7H3,(H,33,34,35)/t16-,25+/m1/s1. The minimum absolute atomic E-state index is 0.0508. The zero-order valence-electron chi connectivity index (χ0n) is 23.0. The van der Waals surface area contributed by atoms with E-state index >= 15 is 0 Å². The fraction of sp³-hybridized carbons (Fsp3) is 0.500. The summed E-state index contributed by atoms with van der Waals surface area (Å²) in [6.07, 6.45) is -2.36. The first-order valence-electron chi connectivity index (χ1n) is 12.7. The smallest absolute Gasteiger partial charge is 0.416 e. The van der Waals surface area contributed by atoms with Gasteiger partial charge in [0, 0.05) is 23.2 Å². The van der Waals surface area contributed by atoms with E-state index in [1.54, 1.807) is 33.1 Å². The first kappa shape index (κ1) is 27.8. The number of fused-ring (bicyclic) bond motifs is 1. The van der Waals surface area contributed by atoms with Gasteiger partial charge in [-0.25, -0.2) is 9.97 Å². The van der Waals surface area contributed by atoms with Gasteiger partial charge in [-0.2, -0.15) is 13.2 Å². The molecule has 1 aliphatic heterocycles. The van der Waals surface area contributed by atoms with Crippen molar-refractivity contribution in [2.24, 2.45) is 0 Å². The van der Waals surface area contributed by atoms with Gasteiger partial charge >= 0.3 is 6.18 Å². The predicted octanol–water partition coefficient (Wildman–Crippen LogP) is 6.28. The van der Waals surface area contributed by atoms with Gasteiger partial charge in [-0.05, 0) is 90.4 Å². The summed E-state index contributed by atoms with van der Waals surface area (Å²) in [7, 11) is 3.68. The topological polar surface area (TPSA) is 85.5 Å². The lowest BCUT2D eigenvalue weighted by atomic mass is 9.96. The van der Waals surface area contributed by atoms with Crippen molar-refractivity contribution in [3.8, 4) is 11.5 Å². The van der Waals surface area contributed by atoms with Crippen molar-refractivity contribution in [2.75, 3.05) is 31.8 Å². The van der Waals surface area contributed by atoms with Crippen LogP contribution in [-0.2, 0) is 6.18 Å². The second-order valence-electron chi connectivity index (χ2n) is 10.6. The van der Waals surface area contributed by atoms with Crippen molar-refractivity contribution in [2.45, 2.75) is 71.3 Å². The number of ether oxygens (including phenoxy) is 2. The molecule has 2 aromatic carbocycles. The van der Waals surface area contributed by atoms with Crippen molar-refractivity contribution in [1.29, 1.82) is 0 Å². The van der Waals surface area contributed by atoms with Crippen molar-refractivity contribution in [3.63, 3.8) is 0 Å². The maximum absolute atomic E-state index is 13.6. The summed E-state index contributed by atoms with van der Waals surface area (Å²) in [6.45, 7) is 10.2. The Hall–Kier alpha value is -3.27. The van der Waals surface area contributed by atoms with Gasteiger partial charge < -0.3 is 20.5 Å². The largest absolute Gasteiger partial charge is 0.493 e. The molecule has 1 fully saturated rings. The summed E-state index contributed by atoms with van der Waals surface area (Å²) in [6, 6.07) is 5.90. The number of nitrogens with zero attached hydrogens (tertiary/aromatic N) is 3. The summed E-state index contributed by atoms with van der Waals surface area (Å²) < 4.78 is 53.1. The first-order valence-corrected chi connectivity index (χ1v) is 12.7. The molecule has 1 aromatic heterocycles. The number of aryl methyl sites for hydroxylation is 1. The van der Waals surface area contributed by atoms with Gasteiger partial charge in [-0.1, -0.05) is 0 Å². The third-order valence-electron chi connectivity index (χ3n) is 7.38. The van der Waals surface area contributed by atoms with Crippen LogP contribution in [-0.4, -0.2) is 47.2 Å². The molecule has 7 nitrogen and oxygen atoms in total. The zero-order chi connectivity index (χ0) is 28.0. The Morgan fingerprint density at radius 3 is 2.42 bits per heavy atom. The van der Waals surface area contributed by atoms with Crippen LogP contribution in [0, 0.1) is 13.8 Å². The highest BCUT2D eigenvalue weighted by molar-refractivity contribution is 5.92. The van der Waals surface area contributed by atoms with Crippen molar-refractivity contribution in [1.82, 2.24) is 14.9 Å². The van der Waals surface area contributed by atoms with Crippen LogP contribution in [0.3, 0.4) is 0 Å². The van der Waals surface area contributed by atoms with Gasteiger partial charge in [-0.3, -0.25) is 4.90 Å². The fourth-order valence-corrected chi connectivity index (χ4v) is 5.53. The summed E-state index contributed by atoms with van der Waals surface area (Å²) in [4.78, 5) is 11.5. The fourth-order valence-electron chi connectivity index (χ4n) is 5.53. The van der Waals surface area contributed by atoms with Crippen LogP contribution in [0.2, 0.25) is 0 Å². The second kappa shape index (κ2) is 10.1. The maximum Gasteiger partial charge on any atom is 0.416 e. The van der Waals surface area contributed by atoms with E-state index in [1.165, 1.54) is 6.92 Å². The van der Waals surface area contributed by atoms with E-state index in [0.29, 0.717) is 39.6 Å². The monoisotopic (exact) mass is 531 g/mol. The van der Waals surface area contributed by atoms with Crippen LogP contribution in [0.15, 0.2) is 24.3 Å². The van der Waals surface area contributed by atoms with E-state index in [4.69, 9.17) is 15.2 Å². The number of likely N-dealkylation sites (N-methyl/N-ethyl adjacent to an activating group) is 1. The highest BCUT2D eigenvalue weighted by atomic mass is 19.4. The van der Waals surface area contributed by atoms with E-state index in [2.05, 4.69) is 41.1 Å². The van der Waals surface area contributed by atoms with Gasteiger partial charge in [0.25, 0.3) is 0 Å². The van der Waals surface area contributed by atoms with Crippen molar-refractivity contribution >= 4 is 22.4 Å². The Kier molecular flexibility index (Phi) is 7.40. The van der Waals surface area contributed by atoms with Crippen LogP contribution in [0.4, 0.5) is 24.7 Å². The Morgan fingerprint density at radius 2 is 1.82 bits per heavy atom. The molecule has 2 atom stereocenters. The number of alkyl halides is 3. The maximum atomic E-state index is 13.6. The number of anilines is 2. The van der Waals surface area contributed by atoms with Crippen molar-refractivity contribution in [3.05, 3.63) is 46.8 Å². The highest BCUT2D eigenvalue weighted by Crippen LogP contribution is 2.40. The number of nitrogens with two attached hydrogens (primary N) is 1. The van der Waals surface area contributed by atoms with Crippen LogP contribution >= 0.6 is 0 Å². The van der Waals surface area contributed by atoms with Crippen LogP contribution in [0.5, 0.6) is 11.5 Å². The number of hydrogen-bond donors (Lipinski definition) is 2. The number of aromatic nitrogens is 2. The molecule has 0 bridgehead atoms. The molecular formula is C28H36F3N5O2. The third-order valence-corrected chi connectivity index (χ3v) is 7.38. The Labute approximate surface area is 221 Å². The van der Waals surface area contributed by atoms with Crippen molar-refractivity contribution < 1.29 is 22.6 Å². The Balaban J connectivity index is 1.75. The summed E-state index contributed by atoms with van der Waals surface area (Å²) in [5, 5.41) is 3.97. The average Bonchev–Trinajstić information content (AvgIpc) is 3.26. The molecule has 0 saturated carbocycles. The third kappa shape index (κ3) is 5.45. The predicted molar refractivity (Wildman–Crippen MR) is 144 cm³/mol. The van der Waals surface area contributed by atoms with E-state index in [0.717, 1.165) is 25.5 Å². The minimum Gasteiger partial charge on any atom is -0.493 e. The molecule has 4 rings (SSSR count). The molecule has 0 aliphatic carbocycles. The number of benzene rings is 2. The average molecular weight is 532 g/mol. The number of likely N-dealkylation sites (tertiary alicyclic amines) is 1. The normalized spacial score (nSPS) is 17.6. The first-order chi connectivity index (χ1) is 17.7. The molecule has 2 heterocycles. The Bertz CT molecular complexity index is 1340. The SMILES string of the molecule is COc1cc2nc(C)nc(N[C@H](C)c3cc(N)cc(C(F)(F)F)c3C)c2cc1OC(C)(C)[C@@H]1CCCN1C. The van der Waals surface area contributed by atoms with Crippen LogP contribution in [0.25, 0.3) is 10.9 Å². The molecule has 0 radical (unpaired) electrons. The molecule has 0 amide bonds. The number of rotatable bonds is 7. The van der Waals surface area contributed by atoms with Gasteiger partial charge in [-0.15, -0.1) is 0 Å². The number of nitrogens with one attached hydrogen (secondary N) is 1. The second-order valence-corrected chi connectivity index (χ2v) is 10.6. The van der Waals surface area contributed by atoms with E-state index in [1.807, 2.05) is 6.07 Å². The molecule has 10 heteroatoms.